The fourth-order valence-corrected chi connectivity index (χ4v) is 1.60. The third kappa shape index (κ3) is 7.17. The van der Waals surface area contributed by atoms with Crippen LogP contribution in [-0.2, 0) is 37.5 Å². The summed E-state index contributed by atoms with van der Waals surface area (Å²) in [7, 11) is 0. The summed E-state index contributed by atoms with van der Waals surface area (Å²) in [5.74, 6) is 0.0987. The van der Waals surface area contributed by atoms with Crippen molar-refractivity contribution >= 4 is 17.9 Å². The van der Waals surface area contributed by atoms with Gasteiger partial charge < -0.3 is 12.5 Å². The fraction of sp³-hybridized carbons (Fsp3) is 0. The first kappa shape index (κ1) is 19.5. The summed E-state index contributed by atoms with van der Waals surface area (Å²) < 4.78 is 0. The zero-order chi connectivity index (χ0) is 13.5. The second kappa shape index (κ2) is 10.3. The Morgan fingerprint density at radius 3 is 2.05 bits per heavy atom. The maximum atomic E-state index is 11.6. The predicted molar refractivity (Wildman–Crippen MR) is 84.0 cm³/mol. The number of rotatable bonds is 4. The summed E-state index contributed by atoms with van der Waals surface area (Å²) in [6.07, 6.45) is 6.45. The zero-order valence-electron chi connectivity index (χ0n) is 11.9. The van der Waals surface area contributed by atoms with Gasteiger partial charge in [-0.2, -0.15) is 0 Å². The van der Waals surface area contributed by atoms with E-state index in [9.17, 15) is 9.90 Å². The fourth-order valence-electron chi connectivity index (χ4n) is 1.60. The first-order chi connectivity index (χ1) is 9.24. The van der Waals surface area contributed by atoms with E-state index >= 15 is 0 Å². The number of ketones is 1. The van der Waals surface area contributed by atoms with Crippen LogP contribution < -0.4 is 0 Å². The number of aromatic hydroxyl groups is 1. The second-order valence-corrected chi connectivity index (χ2v) is 4.07. The molecule has 2 aromatic carbocycles. The predicted octanol–water partition coefficient (Wildman–Crippen LogP) is 4.14. The largest absolute Gasteiger partial charge is 0.508 e. The Bertz CT molecular complexity index is 616. The number of hydrogen-bond acceptors (Lipinski definition) is 2. The van der Waals surface area contributed by atoms with E-state index in [1.165, 1.54) is 12.2 Å². The van der Waals surface area contributed by atoms with Crippen LogP contribution in [-0.4, -0.2) is 10.9 Å². The van der Waals surface area contributed by atoms with E-state index in [-0.39, 0.29) is 51.7 Å². The van der Waals surface area contributed by atoms with Crippen molar-refractivity contribution in [3.05, 3.63) is 85.3 Å². The summed E-state index contributed by atoms with van der Waals surface area (Å²) in [6.45, 7) is 0. The van der Waals surface area contributed by atoms with E-state index < -0.39 is 0 Å². The Morgan fingerprint density at radius 2 is 1.43 bits per heavy atom. The number of phenolic OH excluding ortho intramolecular Hbond substituents is 1. The Hall–Kier alpha value is -1.51. The van der Waals surface area contributed by atoms with Crippen LogP contribution in [0.25, 0.3) is 12.2 Å². The molecule has 21 heavy (non-hydrogen) atoms. The van der Waals surface area contributed by atoms with Crippen LogP contribution in [0, 0.1) is 7.43 Å². The molecule has 0 aliphatic heterocycles. The van der Waals surface area contributed by atoms with Gasteiger partial charge in [0.05, 0.1) is 0 Å². The molecule has 1 N–H and O–H groups in total. The molecule has 1 radical (unpaired) electrons. The monoisotopic (exact) mass is 354 g/mol. The molecule has 3 heteroatoms. The quantitative estimate of drug-likeness (QED) is 0.662. The summed E-state index contributed by atoms with van der Waals surface area (Å²) in [5.41, 5.74) is 1.78. The molecule has 2 rings (SSSR count). The van der Waals surface area contributed by atoms with Crippen LogP contribution in [0.3, 0.4) is 0 Å². The van der Waals surface area contributed by atoms with Gasteiger partial charge in [0.1, 0.15) is 5.75 Å². The van der Waals surface area contributed by atoms with Crippen LogP contribution in [0.15, 0.2) is 66.7 Å². The third-order valence-electron chi connectivity index (χ3n) is 2.55. The van der Waals surface area contributed by atoms with E-state index in [1.807, 2.05) is 36.4 Å². The van der Waals surface area contributed by atoms with E-state index in [2.05, 4.69) is 0 Å². The van der Waals surface area contributed by atoms with Crippen molar-refractivity contribution in [3.63, 3.8) is 0 Å². The smallest absolute Gasteiger partial charge is 0.178 e. The standard InChI is InChI=1S/C17H14O2.CH3.Y/c18-16(11-9-14-5-2-1-3-6-14)12-10-15-7-4-8-17(19)13-15;;/h1-13,19H;1H3;/q;-1;/b11-9+,12-10+;;. The van der Waals surface area contributed by atoms with Crippen molar-refractivity contribution in [3.8, 4) is 5.75 Å². The SMILES string of the molecule is O=C(/C=C/c1ccccc1)/C=C/c1cccc(O)c1.[CH3-].[Y]. The van der Waals surface area contributed by atoms with Gasteiger partial charge in [-0.1, -0.05) is 54.6 Å². The zero-order valence-corrected chi connectivity index (χ0v) is 14.8. The van der Waals surface area contributed by atoms with Gasteiger partial charge in [-0.05, 0) is 35.4 Å². The van der Waals surface area contributed by atoms with Crippen LogP contribution >= 0.6 is 0 Å². The molecule has 0 aliphatic rings. The number of hydrogen-bond donors (Lipinski definition) is 1. The summed E-state index contributed by atoms with van der Waals surface area (Å²) >= 11 is 0. The molecule has 0 fully saturated rings. The molecular formula is C18H17O2Y-. The average Bonchev–Trinajstić information content (AvgIpc) is 2.44. The van der Waals surface area contributed by atoms with Gasteiger partial charge in [-0.15, -0.1) is 0 Å². The molecule has 0 aromatic heterocycles. The Morgan fingerprint density at radius 1 is 0.857 bits per heavy atom. The van der Waals surface area contributed by atoms with Crippen molar-refractivity contribution in [1.29, 1.82) is 0 Å². The molecule has 0 bridgehead atoms. The molecule has 0 amide bonds. The molecule has 0 unspecified atom stereocenters. The van der Waals surface area contributed by atoms with Crippen LogP contribution in [0.4, 0.5) is 0 Å². The molecule has 2 nitrogen and oxygen atoms in total. The minimum atomic E-state index is -0.0906. The van der Waals surface area contributed by atoms with Crippen molar-refractivity contribution in [2.24, 2.45) is 0 Å². The molecule has 0 saturated heterocycles. The first-order valence-electron chi connectivity index (χ1n) is 5.98. The number of phenols is 1. The van der Waals surface area contributed by atoms with Crippen molar-refractivity contribution in [2.75, 3.05) is 0 Å². The normalized spacial score (nSPS) is 10.1. The van der Waals surface area contributed by atoms with Crippen LogP contribution in [0.1, 0.15) is 11.1 Å². The van der Waals surface area contributed by atoms with E-state index in [0.29, 0.717) is 0 Å². The second-order valence-electron chi connectivity index (χ2n) is 4.07. The van der Waals surface area contributed by atoms with Gasteiger partial charge in [-0.3, -0.25) is 4.79 Å². The minimum Gasteiger partial charge on any atom is -0.508 e. The van der Waals surface area contributed by atoms with Crippen molar-refractivity contribution in [2.45, 2.75) is 0 Å². The maximum absolute atomic E-state index is 11.6. The number of carbonyl (C=O) groups excluding carboxylic acids is 1. The molecular weight excluding hydrogens is 337 g/mol. The molecule has 0 atom stereocenters. The molecule has 0 heterocycles. The summed E-state index contributed by atoms with van der Waals surface area (Å²) in [6, 6.07) is 16.4. The molecule has 0 spiro atoms. The average molecular weight is 354 g/mol. The summed E-state index contributed by atoms with van der Waals surface area (Å²) in [5, 5.41) is 9.30. The van der Waals surface area contributed by atoms with Gasteiger partial charge in [0.2, 0.25) is 0 Å². The number of carbonyl (C=O) groups is 1. The van der Waals surface area contributed by atoms with Crippen molar-refractivity contribution in [1.82, 2.24) is 0 Å². The van der Waals surface area contributed by atoms with Gasteiger partial charge in [-0.25, -0.2) is 0 Å². The third-order valence-corrected chi connectivity index (χ3v) is 2.55. The Balaban J connectivity index is 0.00000200. The van der Waals surface area contributed by atoms with E-state index in [4.69, 9.17) is 0 Å². The minimum absolute atomic E-state index is 0. The van der Waals surface area contributed by atoms with Gasteiger partial charge in [0, 0.05) is 32.7 Å². The Labute approximate surface area is 151 Å². The molecule has 2 aromatic rings. The van der Waals surface area contributed by atoms with Gasteiger partial charge in [0.25, 0.3) is 0 Å². The summed E-state index contributed by atoms with van der Waals surface area (Å²) in [4.78, 5) is 11.6. The van der Waals surface area contributed by atoms with Gasteiger partial charge in [0.15, 0.2) is 5.78 Å². The number of allylic oxidation sites excluding steroid dienone is 2. The maximum Gasteiger partial charge on any atom is 0.178 e. The van der Waals surface area contributed by atoms with E-state index in [0.717, 1.165) is 11.1 Å². The van der Waals surface area contributed by atoms with Crippen LogP contribution in [0.5, 0.6) is 5.75 Å². The molecule has 0 saturated carbocycles. The van der Waals surface area contributed by atoms with Crippen LogP contribution in [0.2, 0.25) is 0 Å². The first-order valence-corrected chi connectivity index (χ1v) is 5.98. The molecule has 105 valence electrons. The molecule has 0 aliphatic carbocycles. The van der Waals surface area contributed by atoms with Gasteiger partial charge >= 0.3 is 0 Å². The Kier molecular flexibility index (Phi) is 9.52. The van der Waals surface area contributed by atoms with E-state index in [1.54, 1.807) is 30.4 Å². The number of benzene rings is 2. The topological polar surface area (TPSA) is 37.3 Å². The van der Waals surface area contributed by atoms with Crippen molar-refractivity contribution < 1.29 is 42.6 Å².